The molecule has 2 aliphatic rings. The van der Waals surface area contributed by atoms with Gasteiger partial charge in [-0.25, -0.2) is 8.42 Å². The van der Waals surface area contributed by atoms with Crippen molar-refractivity contribution < 1.29 is 32.3 Å². The number of benzene rings is 2. The standard InChI is InChI=1S/C39H54N4O7S/c1-38(2,3)42-35(45)30-21-26-16-10-11-18-28(26)23-43(30)24-31(44)29(20-25-14-8-7-9-15-25)40-37(47)34(39(4,5)51(6,48)49)41-36(46)33-22-27-17-12-13-19-32(27)50-33/h7-9,12-15,17,19,22,26,28-31,34,44H,10-11,16,18,20-21,23-24H2,1-6H3,(H,40,47)(H,41,46)(H,42,45)/t26-,28+,29-,30-,31+,34+/m0/s1. The van der Waals surface area contributed by atoms with Crippen molar-refractivity contribution in [1.29, 1.82) is 0 Å². The molecule has 5 rings (SSSR count). The van der Waals surface area contributed by atoms with E-state index in [1.165, 1.54) is 19.9 Å². The van der Waals surface area contributed by atoms with E-state index in [4.69, 9.17) is 4.42 Å². The summed E-state index contributed by atoms with van der Waals surface area (Å²) in [5, 5.41) is 21.4. The molecular formula is C39H54N4O7S. The first-order chi connectivity index (χ1) is 23.9. The normalized spacial score (nSPS) is 22.0. The molecular weight excluding hydrogens is 669 g/mol. The summed E-state index contributed by atoms with van der Waals surface area (Å²) in [6.07, 6.45) is 5.28. The number of aliphatic hydroxyl groups excluding tert-OH is 1. The van der Waals surface area contributed by atoms with Crippen molar-refractivity contribution >= 4 is 38.5 Å². The van der Waals surface area contributed by atoms with E-state index < -0.39 is 56.2 Å². The number of sulfone groups is 1. The summed E-state index contributed by atoms with van der Waals surface area (Å²) >= 11 is 0. The first-order valence-electron chi connectivity index (χ1n) is 18.0. The van der Waals surface area contributed by atoms with E-state index >= 15 is 0 Å². The molecule has 11 nitrogen and oxygen atoms in total. The van der Waals surface area contributed by atoms with Crippen molar-refractivity contribution in [1.82, 2.24) is 20.9 Å². The molecule has 0 unspecified atom stereocenters. The summed E-state index contributed by atoms with van der Waals surface area (Å²) in [6.45, 7) is 9.40. The van der Waals surface area contributed by atoms with Crippen LogP contribution in [0.3, 0.4) is 0 Å². The Morgan fingerprint density at radius 2 is 1.59 bits per heavy atom. The highest BCUT2D eigenvalue weighted by molar-refractivity contribution is 7.92. The topological polar surface area (TPSA) is 158 Å². The summed E-state index contributed by atoms with van der Waals surface area (Å²) < 4.78 is 30.2. The zero-order chi connectivity index (χ0) is 37.1. The maximum atomic E-state index is 14.3. The number of nitrogens with one attached hydrogen (secondary N) is 3. The number of aliphatic hydroxyl groups is 1. The van der Waals surface area contributed by atoms with Crippen LogP contribution in [-0.4, -0.2) is 90.0 Å². The zero-order valence-corrected chi connectivity index (χ0v) is 31.5. The summed E-state index contributed by atoms with van der Waals surface area (Å²) in [7, 11) is -3.90. The van der Waals surface area contributed by atoms with E-state index in [0.717, 1.165) is 37.5 Å². The Labute approximate surface area is 301 Å². The summed E-state index contributed by atoms with van der Waals surface area (Å²) in [5.41, 5.74) is 0.895. The number of likely N-dealkylation sites (tertiary alicyclic amines) is 1. The SMILES string of the molecule is CC(C)(C)NC(=O)[C@@H]1C[C@@H]2CCCC[C@@H]2CN1C[C@@H](O)[C@H](Cc1ccccc1)NC(=O)[C@@H](NC(=O)c1cc2ccccc2o1)C(C)(C)S(C)(=O)=O. The van der Waals surface area contributed by atoms with Gasteiger partial charge in [-0.3, -0.25) is 19.3 Å². The molecule has 4 N–H and O–H groups in total. The van der Waals surface area contributed by atoms with Crippen LogP contribution >= 0.6 is 0 Å². The average molecular weight is 723 g/mol. The van der Waals surface area contributed by atoms with Crippen molar-refractivity contribution in [2.45, 2.75) is 108 Å². The largest absolute Gasteiger partial charge is 0.451 e. The van der Waals surface area contributed by atoms with Gasteiger partial charge in [0.15, 0.2) is 15.6 Å². The summed E-state index contributed by atoms with van der Waals surface area (Å²) in [5.74, 6) is -0.790. The highest BCUT2D eigenvalue weighted by Crippen LogP contribution is 2.39. The quantitative estimate of drug-likeness (QED) is 0.216. The van der Waals surface area contributed by atoms with Crippen LogP contribution in [0.4, 0.5) is 0 Å². The monoisotopic (exact) mass is 722 g/mol. The van der Waals surface area contributed by atoms with E-state index in [1.807, 2.05) is 51.1 Å². The number of nitrogens with zero attached hydrogens (tertiary/aromatic N) is 1. The van der Waals surface area contributed by atoms with E-state index in [1.54, 1.807) is 24.3 Å². The first kappa shape index (κ1) is 38.5. The van der Waals surface area contributed by atoms with Crippen molar-refractivity contribution in [2.24, 2.45) is 11.8 Å². The lowest BCUT2D eigenvalue weighted by Crippen LogP contribution is -2.64. The van der Waals surface area contributed by atoms with Gasteiger partial charge >= 0.3 is 0 Å². The van der Waals surface area contributed by atoms with Crippen LogP contribution in [0.5, 0.6) is 0 Å². The van der Waals surface area contributed by atoms with Crippen LogP contribution in [0.25, 0.3) is 11.0 Å². The van der Waals surface area contributed by atoms with Crippen LogP contribution in [0.2, 0.25) is 0 Å². The molecule has 12 heteroatoms. The number of rotatable bonds is 12. The summed E-state index contributed by atoms with van der Waals surface area (Å²) in [6, 6.07) is 15.1. The lowest BCUT2D eigenvalue weighted by atomic mass is 9.72. The minimum atomic E-state index is -3.90. The van der Waals surface area contributed by atoms with Crippen LogP contribution in [0.15, 0.2) is 65.1 Å². The molecule has 2 fully saturated rings. The van der Waals surface area contributed by atoms with Gasteiger partial charge in [-0.2, -0.15) is 0 Å². The molecule has 2 aromatic carbocycles. The maximum Gasteiger partial charge on any atom is 0.287 e. The number of piperidine rings is 1. The Balaban J connectivity index is 1.42. The van der Waals surface area contributed by atoms with Gasteiger partial charge in [0.25, 0.3) is 5.91 Å². The number of carbonyl (C=O) groups excluding carboxylic acids is 3. The molecule has 2 heterocycles. The van der Waals surface area contributed by atoms with E-state index in [-0.39, 0.29) is 24.6 Å². The number of furan rings is 1. The molecule has 1 saturated carbocycles. The predicted molar refractivity (Wildman–Crippen MR) is 198 cm³/mol. The Bertz CT molecular complexity index is 1770. The molecule has 3 aromatic rings. The van der Waals surface area contributed by atoms with Gasteiger partial charge in [-0.05, 0) is 83.4 Å². The molecule has 1 aliphatic heterocycles. The Morgan fingerprint density at radius 1 is 0.941 bits per heavy atom. The molecule has 0 bridgehead atoms. The van der Waals surface area contributed by atoms with Gasteiger partial charge < -0.3 is 25.5 Å². The second kappa shape index (κ2) is 15.5. The van der Waals surface area contributed by atoms with Gasteiger partial charge in [-0.1, -0.05) is 67.8 Å². The van der Waals surface area contributed by atoms with Crippen molar-refractivity contribution in [3.63, 3.8) is 0 Å². The number of hydrogen-bond acceptors (Lipinski definition) is 8. The third kappa shape index (κ3) is 9.39. The van der Waals surface area contributed by atoms with Crippen molar-refractivity contribution in [2.75, 3.05) is 19.3 Å². The fourth-order valence-corrected chi connectivity index (χ4v) is 8.07. The molecule has 278 valence electrons. The van der Waals surface area contributed by atoms with Gasteiger partial charge in [0.1, 0.15) is 11.6 Å². The Kier molecular flexibility index (Phi) is 11.7. The first-order valence-corrected chi connectivity index (χ1v) is 19.9. The highest BCUT2D eigenvalue weighted by Gasteiger charge is 2.46. The van der Waals surface area contributed by atoms with Crippen LogP contribution in [0.1, 0.15) is 82.8 Å². The maximum absolute atomic E-state index is 14.3. The third-order valence-electron chi connectivity index (χ3n) is 10.7. The summed E-state index contributed by atoms with van der Waals surface area (Å²) in [4.78, 5) is 43.5. The van der Waals surface area contributed by atoms with Gasteiger partial charge in [0.2, 0.25) is 11.8 Å². The molecule has 51 heavy (non-hydrogen) atoms. The van der Waals surface area contributed by atoms with E-state index in [9.17, 15) is 27.9 Å². The van der Waals surface area contributed by atoms with E-state index in [0.29, 0.717) is 35.8 Å². The van der Waals surface area contributed by atoms with Crippen LogP contribution in [-0.2, 0) is 25.8 Å². The van der Waals surface area contributed by atoms with Crippen molar-refractivity contribution in [3.8, 4) is 0 Å². The lowest BCUT2D eigenvalue weighted by molar-refractivity contribution is -0.133. The molecule has 1 aliphatic carbocycles. The predicted octanol–water partition coefficient (Wildman–Crippen LogP) is 4.24. The number of hydrogen-bond donors (Lipinski definition) is 4. The number of para-hydroxylation sites is 1. The number of β-amino-alcohol motifs (C(OH)–C–C–N with tert-alkyl or cyclic N) is 1. The smallest absolute Gasteiger partial charge is 0.287 e. The molecule has 0 radical (unpaired) electrons. The molecule has 3 amide bonds. The second-order valence-electron chi connectivity index (χ2n) is 16.1. The zero-order valence-electron chi connectivity index (χ0n) is 30.6. The Hall–Kier alpha value is -3.74. The van der Waals surface area contributed by atoms with Crippen LogP contribution in [0, 0.1) is 11.8 Å². The number of carbonyl (C=O) groups is 3. The van der Waals surface area contributed by atoms with Gasteiger partial charge in [-0.15, -0.1) is 0 Å². The fraction of sp³-hybridized carbons (Fsp3) is 0.564. The van der Waals surface area contributed by atoms with Crippen molar-refractivity contribution in [3.05, 3.63) is 72.0 Å². The minimum absolute atomic E-state index is 0.0649. The second-order valence-corrected chi connectivity index (χ2v) is 18.6. The van der Waals surface area contributed by atoms with Crippen LogP contribution < -0.4 is 16.0 Å². The molecule has 6 atom stereocenters. The minimum Gasteiger partial charge on any atom is -0.451 e. The average Bonchev–Trinajstić information content (AvgIpc) is 3.50. The molecule has 1 aromatic heterocycles. The van der Waals surface area contributed by atoms with Gasteiger partial charge in [0, 0.05) is 30.3 Å². The van der Waals surface area contributed by atoms with E-state index in [2.05, 4.69) is 20.9 Å². The lowest BCUT2D eigenvalue weighted by Gasteiger charge is -2.47. The Morgan fingerprint density at radius 3 is 2.24 bits per heavy atom. The fourth-order valence-electron chi connectivity index (χ4n) is 7.48. The number of amides is 3. The molecule has 1 saturated heterocycles. The molecule has 0 spiro atoms. The number of fused-ring (bicyclic) bond motifs is 2. The third-order valence-corrected chi connectivity index (χ3v) is 12.8. The highest BCUT2D eigenvalue weighted by atomic mass is 32.2. The van der Waals surface area contributed by atoms with Gasteiger partial charge in [0.05, 0.1) is 22.9 Å².